The number of halogens is 1. The number of aliphatic carboxylic acids is 1. The van der Waals surface area contributed by atoms with Crippen LogP contribution in [-0.2, 0) is 11.3 Å². The summed E-state index contributed by atoms with van der Waals surface area (Å²) in [4.78, 5) is 11.4. The minimum Gasteiger partial charge on any atom is -0.480 e. The molecule has 4 heteroatoms. The second kappa shape index (κ2) is 6.36. The molecule has 0 heterocycles. The number of hydrogen-bond donors (Lipinski definition) is 2. The second-order valence-electron chi connectivity index (χ2n) is 4.16. The van der Waals surface area contributed by atoms with Gasteiger partial charge in [0.05, 0.1) is 0 Å². The Balaban J connectivity index is 2.14. The number of carboxylic acid groups (broad SMARTS) is 1. The molecule has 0 aliphatic heterocycles. The first-order valence-electron chi connectivity index (χ1n) is 5.93. The monoisotopic (exact) mass is 275 g/mol. The van der Waals surface area contributed by atoms with Crippen LogP contribution in [0.15, 0.2) is 54.6 Å². The first kappa shape index (κ1) is 13.6. The van der Waals surface area contributed by atoms with Crippen molar-refractivity contribution < 1.29 is 9.90 Å². The van der Waals surface area contributed by atoms with Gasteiger partial charge in [-0.2, -0.15) is 0 Å². The van der Waals surface area contributed by atoms with Crippen molar-refractivity contribution in [3.05, 3.63) is 70.7 Å². The predicted molar refractivity (Wildman–Crippen MR) is 75.1 cm³/mol. The van der Waals surface area contributed by atoms with Gasteiger partial charge in [-0.3, -0.25) is 10.1 Å². The number of carbonyl (C=O) groups is 1. The van der Waals surface area contributed by atoms with Gasteiger partial charge in [-0.1, -0.05) is 60.1 Å². The summed E-state index contributed by atoms with van der Waals surface area (Å²) in [6.45, 7) is 0.475. The lowest BCUT2D eigenvalue weighted by Gasteiger charge is -2.16. The van der Waals surface area contributed by atoms with E-state index in [1.54, 1.807) is 24.3 Å². The van der Waals surface area contributed by atoms with Crippen LogP contribution in [0.4, 0.5) is 0 Å². The van der Waals surface area contributed by atoms with E-state index in [9.17, 15) is 9.90 Å². The summed E-state index contributed by atoms with van der Waals surface area (Å²) in [6, 6.07) is 15.8. The highest BCUT2D eigenvalue weighted by molar-refractivity contribution is 6.31. The standard InChI is InChI=1S/C15H14ClNO2/c16-13-9-5-4-8-12(13)14(15(18)19)17-10-11-6-2-1-3-7-11/h1-9,14,17H,10H2,(H,18,19). The molecule has 0 radical (unpaired) electrons. The smallest absolute Gasteiger partial charge is 0.325 e. The number of benzene rings is 2. The Hall–Kier alpha value is -1.84. The summed E-state index contributed by atoms with van der Waals surface area (Å²) in [7, 11) is 0. The minimum atomic E-state index is -0.941. The van der Waals surface area contributed by atoms with E-state index in [0.717, 1.165) is 5.56 Å². The van der Waals surface area contributed by atoms with Gasteiger partial charge >= 0.3 is 5.97 Å². The van der Waals surface area contributed by atoms with E-state index in [1.807, 2.05) is 30.3 Å². The van der Waals surface area contributed by atoms with E-state index < -0.39 is 12.0 Å². The second-order valence-corrected chi connectivity index (χ2v) is 4.57. The van der Waals surface area contributed by atoms with Crippen LogP contribution < -0.4 is 5.32 Å². The van der Waals surface area contributed by atoms with Gasteiger partial charge in [0.25, 0.3) is 0 Å². The van der Waals surface area contributed by atoms with Crippen molar-refractivity contribution >= 4 is 17.6 Å². The highest BCUT2D eigenvalue weighted by Crippen LogP contribution is 2.23. The molecule has 0 aliphatic carbocycles. The van der Waals surface area contributed by atoms with Gasteiger partial charge in [0.2, 0.25) is 0 Å². The zero-order valence-corrected chi connectivity index (χ0v) is 11.0. The fourth-order valence-corrected chi connectivity index (χ4v) is 2.10. The number of rotatable bonds is 5. The lowest BCUT2D eigenvalue weighted by molar-refractivity contribution is -0.139. The van der Waals surface area contributed by atoms with Crippen LogP contribution >= 0.6 is 11.6 Å². The zero-order valence-electron chi connectivity index (χ0n) is 10.2. The van der Waals surface area contributed by atoms with Crippen LogP contribution in [-0.4, -0.2) is 11.1 Å². The topological polar surface area (TPSA) is 49.3 Å². The van der Waals surface area contributed by atoms with Gasteiger partial charge in [-0.05, 0) is 17.2 Å². The van der Waals surface area contributed by atoms with Crippen molar-refractivity contribution in [3.63, 3.8) is 0 Å². The molecule has 2 N–H and O–H groups in total. The molecule has 1 atom stereocenters. The molecule has 0 saturated heterocycles. The molecule has 19 heavy (non-hydrogen) atoms. The molecule has 0 aromatic heterocycles. The van der Waals surface area contributed by atoms with Crippen molar-refractivity contribution in [3.8, 4) is 0 Å². The van der Waals surface area contributed by atoms with Crippen molar-refractivity contribution in [1.82, 2.24) is 5.32 Å². The molecule has 0 fully saturated rings. The lowest BCUT2D eigenvalue weighted by Crippen LogP contribution is -2.28. The Kier molecular flexibility index (Phi) is 4.55. The van der Waals surface area contributed by atoms with E-state index in [0.29, 0.717) is 17.1 Å². The number of carboxylic acids is 1. The average Bonchev–Trinajstić information content (AvgIpc) is 2.42. The van der Waals surface area contributed by atoms with Gasteiger partial charge in [0.15, 0.2) is 0 Å². The van der Waals surface area contributed by atoms with Gasteiger partial charge in [0, 0.05) is 11.6 Å². The van der Waals surface area contributed by atoms with Crippen LogP contribution in [0.5, 0.6) is 0 Å². The molecular weight excluding hydrogens is 262 g/mol. The maximum absolute atomic E-state index is 11.4. The molecule has 0 saturated carbocycles. The fraction of sp³-hybridized carbons (Fsp3) is 0.133. The Morgan fingerprint density at radius 2 is 1.74 bits per heavy atom. The Bertz CT molecular complexity index is 557. The van der Waals surface area contributed by atoms with E-state index in [4.69, 9.17) is 11.6 Å². The van der Waals surface area contributed by atoms with Crippen LogP contribution in [0.25, 0.3) is 0 Å². The molecule has 98 valence electrons. The van der Waals surface area contributed by atoms with E-state index in [2.05, 4.69) is 5.32 Å². The van der Waals surface area contributed by atoms with E-state index in [1.165, 1.54) is 0 Å². The summed E-state index contributed by atoms with van der Waals surface area (Å²) in [5.41, 5.74) is 1.61. The van der Waals surface area contributed by atoms with Crippen LogP contribution in [0, 0.1) is 0 Å². The van der Waals surface area contributed by atoms with Crippen molar-refractivity contribution in [2.75, 3.05) is 0 Å². The molecule has 3 nitrogen and oxygen atoms in total. The molecule has 2 rings (SSSR count). The molecule has 0 bridgehead atoms. The third-order valence-electron chi connectivity index (χ3n) is 2.82. The Morgan fingerprint density at radius 3 is 2.37 bits per heavy atom. The minimum absolute atomic E-state index is 0.454. The maximum atomic E-state index is 11.4. The largest absolute Gasteiger partial charge is 0.480 e. The summed E-state index contributed by atoms with van der Waals surface area (Å²) >= 11 is 6.04. The third-order valence-corrected chi connectivity index (χ3v) is 3.16. The normalized spacial score (nSPS) is 12.1. The van der Waals surface area contributed by atoms with Crippen molar-refractivity contribution in [2.45, 2.75) is 12.6 Å². The van der Waals surface area contributed by atoms with Crippen molar-refractivity contribution in [1.29, 1.82) is 0 Å². The van der Waals surface area contributed by atoms with Gasteiger partial charge in [-0.25, -0.2) is 0 Å². The van der Waals surface area contributed by atoms with Crippen LogP contribution in [0.1, 0.15) is 17.2 Å². The van der Waals surface area contributed by atoms with Gasteiger partial charge < -0.3 is 5.11 Å². The molecule has 1 unspecified atom stereocenters. The Labute approximate surface area is 116 Å². The molecular formula is C15H14ClNO2. The molecule has 0 aliphatic rings. The van der Waals surface area contributed by atoms with Crippen LogP contribution in [0.2, 0.25) is 5.02 Å². The number of nitrogens with one attached hydrogen (secondary N) is 1. The lowest BCUT2D eigenvalue weighted by atomic mass is 10.1. The summed E-state index contributed by atoms with van der Waals surface area (Å²) in [5.74, 6) is -0.941. The summed E-state index contributed by atoms with van der Waals surface area (Å²) in [6.07, 6.45) is 0. The van der Waals surface area contributed by atoms with Gasteiger partial charge in [0.1, 0.15) is 6.04 Å². The van der Waals surface area contributed by atoms with E-state index in [-0.39, 0.29) is 0 Å². The number of hydrogen-bond acceptors (Lipinski definition) is 2. The van der Waals surface area contributed by atoms with Crippen molar-refractivity contribution in [2.24, 2.45) is 0 Å². The zero-order chi connectivity index (χ0) is 13.7. The third kappa shape index (κ3) is 3.56. The summed E-state index contributed by atoms with van der Waals surface area (Å²) < 4.78 is 0. The van der Waals surface area contributed by atoms with E-state index >= 15 is 0 Å². The SMILES string of the molecule is O=C(O)C(NCc1ccccc1)c1ccccc1Cl. The Morgan fingerprint density at radius 1 is 1.11 bits per heavy atom. The van der Waals surface area contributed by atoms with Crippen LogP contribution in [0.3, 0.4) is 0 Å². The molecule has 0 amide bonds. The highest BCUT2D eigenvalue weighted by Gasteiger charge is 2.21. The quantitative estimate of drug-likeness (QED) is 0.881. The highest BCUT2D eigenvalue weighted by atomic mass is 35.5. The molecule has 0 spiro atoms. The fourth-order valence-electron chi connectivity index (χ4n) is 1.86. The molecule has 2 aromatic rings. The maximum Gasteiger partial charge on any atom is 0.325 e. The first-order valence-corrected chi connectivity index (χ1v) is 6.31. The predicted octanol–water partition coefficient (Wildman–Crippen LogP) is 3.26. The molecule has 2 aromatic carbocycles. The average molecular weight is 276 g/mol. The van der Waals surface area contributed by atoms with Gasteiger partial charge in [-0.15, -0.1) is 0 Å². The first-order chi connectivity index (χ1) is 9.18. The summed E-state index contributed by atoms with van der Waals surface area (Å²) in [5, 5.41) is 12.8.